The highest BCUT2D eigenvalue weighted by Gasteiger charge is 2.41. The summed E-state index contributed by atoms with van der Waals surface area (Å²) in [6.07, 6.45) is 0. The van der Waals surface area contributed by atoms with E-state index in [9.17, 15) is 41.9 Å². The van der Waals surface area contributed by atoms with E-state index < -0.39 is 74.1 Å². The van der Waals surface area contributed by atoms with E-state index in [0.717, 1.165) is 12.1 Å². The number of para-hydroxylation sites is 2. The van der Waals surface area contributed by atoms with E-state index in [2.05, 4.69) is 5.10 Å². The predicted molar refractivity (Wildman–Crippen MR) is 152 cm³/mol. The second-order valence-electron chi connectivity index (χ2n) is 8.88. The number of nitro benzene ring substituents is 2. The van der Waals surface area contributed by atoms with Crippen LogP contribution < -0.4 is 19.5 Å². The molecule has 0 spiro atoms. The number of hydrazone groups is 1. The molecular formula is C26H17N5O11S2. The summed E-state index contributed by atoms with van der Waals surface area (Å²) in [6, 6.07) is 16.2. The van der Waals surface area contributed by atoms with Crippen molar-refractivity contribution in [2.45, 2.75) is 9.79 Å². The molecule has 5 rings (SSSR count). The molecule has 3 N–H and O–H groups in total. The van der Waals surface area contributed by atoms with E-state index in [1.165, 1.54) is 48.5 Å². The minimum Gasteiger partial charge on any atom is -0.379 e. The van der Waals surface area contributed by atoms with Crippen molar-refractivity contribution in [3.05, 3.63) is 116 Å². The third-order valence-corrected chi connectivity index (χ3v) is 8.54. The van der Waals surface area contributed by atoms with Crippen LogP contribution in [0.3, 0.4) is 0 Å². The third kappa shape index (κ3) is 5.61. The Balaban J connectivity index is 1.78. The van der Waals surface area contributed by atoms with Gasteiger partial charge in [0, 0.05) is 23.3 Å². The summed E-state index contributed by atoms with van der Waals surface area (Å²) in [5, 5.41) is 28.3. The zero-order valence-electron chi connectivity index (χ0n) is 21.8. The monoisotopic (exact) mass is 639 g/mol. The van der Waals surface area contributed by atoms with Crippen LogP contribution in [0.5, 0.6) is 11.5 Å². The summed E-state index contributed by atoms with van der Waals surface area (Å²) < 4.78 is 62.9. The molecule has 1 aliphatic rings. The van der Waals surface area contributed by atoms with Crippen molar-refractivity contribution < 1.29 is 39.8 Å². The highest BCUT2D eigenvalue weighted by molar-refractivity contribution is 7.87. The minimum absolute atomic E-state index is 0.118. The van der Waals surface area contributed by atoms with Crippen LogP contribution >= 0.6 is 0 Å². The van der Waals surface area contributed by atoms with Gasteiger partial charge in [0.05, 0.1) is 26.7 Å². The van der Waals surface area contributed by atoms with Crippen molar-refractivity contribution in [3.63, 3.8) is 0 Å². The fraction of sp³-hybridized carbons (Fsp3) is 0. The largest absolute Gasteiger partial charge is 0.379 e. The first-order valence-electron chi connectivity index (χ1n) is 12.1. The van der Waals surface area contributed by atoms with Crippen molar-refractivity contribution in [1.29, 1.82) is 0 Å². The number of nitro groups is 2. The summed E-state index contributed by atoms with van der Waals surface area (Å²) in [5.41, 5.74) is 3.05. The van der Waals surface area contributed by atoms with Crippen molar-refractivity contribution in [3.8, 4) is 22.6 Å². The molecule has 0 aliphatic heterocycles. The molecular weight excluding hydrogens is 622 g/mol. The van der Waals surface area contributed by atoms with E-state index >= 15 is 0 Å². The van der Waals surface area contributed by atoms with E-state index in [1.54, 1.807) is 12.1 Å². The Kier molecular flexibility index (Phi) is 7.45. The lowest BCUT2D eigenvalue weighted by Crippen LogP contribution is -2.26. The van der Waals surface area contributed by atoms with Gasteiger partial charge < -0.3 is 14.1 Å². The predicted octanol–water partition coefficient (Wildman–Crippen LogP) is 3.44. The summed E-state index contributed by atoms with van der Waals surface area (Å²) in [4.78, 5) is 32.6. The smallest absolute Gasteiger partial charge is 0.339 e. The first-order chi connectivity index (χ1) is 20.8. The fourth-order valence-electron chi connectivity index (χ4n) is 4.36. The standard InChI is InChI=1S/C26H17N5O11S2/c27-26(32)29-28-25-19-11-17(43(37,38)41-15-7-3-1-4-8-15)13-21(30(33)34)23(19)24-20(25)12-18(14-22(24)31(35)36)44(39,40)42-16-9-5-2-6-10-16/h1-14H,(H3,27,29,32). The number of primary amides is 1. The molecule has 44 heavy (non-hydrogen) atoms. The number of benzene rings is 4. The van der Waals surface area contributed by atoms with Crippen LogP contribution in [0.25, 0.3) is 11.1 Å². The van der Waals surface area contributed by atoms with Crippen LogP contribution in [-0.2, 0) is 20.2 Å². The normalized spacial score (nSPS) is 12.0. The summed E-state index contributed by atoms with van der Waals surface area (Å²) in [6.45, 7) is 0. The van der Waals surface area contributed by atoms with Gasteiger partial charge in [-0.25, -0.2) is 10.2 Å². The second-order valence-corrected chi connectivity index (χ2v) is 12.0. The summed E-state index contributed by atoms with van der Waals surface area (Å²) in [5.74, 6) is -0.237. The molecule has 16 nitrogen and oxygen atoms in total. The van der Waals surface area contributed by atoms with Gasteiger partial charge in [0.25, 0.3) is 11.4 Å². The van der Waals surface area contributed by atoms with Crippen molar-refractivity contribution in [2.75, 3.05) is 0 Å². The van der Waals surface area contributed by atoms with Gasteiger partial charge in [-0.2, -0.15) is 21.9 Å². The third-order valence-electron chi connectivity index (χ3n) is 6.09. The molecule has 0 heterocycles. The Morgan fingerprint density at radius 1 is 0.705 bits per heavy atom. The van der Waals surface area contributed by atoms with Crippen LogP contribution in [0.15, 0.2) is 99.8 Å². The van der Waals surface area contributed by atoms with Crippen LogP contribution in [0.4, 0.5) is 16.2 Å². The Morgan fingerprint density at radius 3 is 1.43 bits per heavy atom. The Morgan fingerprint density at radius 2 is 1.09 bits per heavy atom. The number of carbonyl (C=O) groups excluding carboxylic acids is 1. The highest BCUT2D eigenvalue weighted by atomic mass is 32.2. The van der Waals surface area contributed by atoms with Crippen molar-refractivity contribution in [1.82, 2.24) is 5.43 Å². The van der Waals surface area contributed by atoms with Crippen LogP contribution in [0, 0.1) is 20.2 Å². The van der Waals surface area contributed by atoms with E-state index in [4.69, 9.17) is 14.1 Å². The lowest BCUT2D eigenvalue weighted by Gasteiger charge is -2.10. The Bertz CT molecular complexity index is 1960. The molecule has 4 aromatic rings. The number of amides is 2. The minimum atomic E-state index is -4.75. The Labute approximate surface area is 247 Å². The lowest BCUT2D eigenvalue weighted by molar-refractivity contribution is -0.386. The molecule has 0 atom stereocenters. The van der Waals surface area contributed by atoms with Gasteiger partial charge >= 0.3 is 26.3 Å². The fourth-order valence-corrected chi connectivity index (χ4v) is 6.31. The number of carbonyl (C=O) groups is 1. The van der Waals surface area contributed by atoms with E-state index in [1.807, 2.05) is 5.43 Å². The first-order valence-corrected chi connectivity index (χ1v) is 14.9. The molecule has 0 fully saturated rings. The van der Waals surface area contributed by atoms with Gasteiger partial charge in [0.15, 0.2) is 0 Å². The van der Waals surface area contributed by atoms with Crippen molar-refractivity contribution >= 4 is 43.4 Å². The Hall–Kier alpha value is -5.88. The number of nitrogens with two attached hydrogens (primary N) is 1. The maximum atomic E-state index is 13.2. The second kappa shape index (κ2) is 11.1. The average Bonchev–Trinajstić information content (AvgIpc) is 3.28. The maximum Gasteiger partial charge on any atom is 0.339 e. The highest BCUT2D eigenvalue weighted by Crippen LogP contribution is 2.49. The number of hydrogen-bond donors (Lipinski definition) is 2. The number of nitrogens with zero attached hydrogens (tertiary/aromatic N) is 3. The molecule has 1 aliphatic carbocycles. The van der Waals surface area contributed by atoms with Gasteiger partial charge in [-0.3, -0.25) is 20.2 Å². The number of fused-ring (bicyclic) bond motifs is 3. The zero-order chi connectivity index (χ0) is 31.8. The molecule has 0 radical (unpaired) electrons. The number of urea groups is 1. The lowest BCUT2D eigenvalue weighted by atomic mass is 10.0. The number of hydrogen-bond acceptors (Lipinski definition) is 12. The van der Waals surface area contributed by atoms with Gasteiger partial charge in [-0.15, -0.1) is 0 Å². The van der Waals surface area contributed by atoms with E-state index in [0.29, 0.717) is 12.1 Å². The molecule has 0 aromatic heterocycles. The topological polar surface area (TPSA) is 240 Å². The number of rotatable bonds is 9. The zero-order valence-corrected chi connectivity index (χ0v) is 23.4. The first kappa shape index (κ1) is 29.6. The van der Waals surface area contributed by atoms with Crippen molar-refractivity contribution in [2.24, 2.45) is 10.8 Å². The van der Waals surface area contributed by atoms with Crippen LogP contribution in [0.2, 0.25) is 0 Å². The van der Waals surface area contributed by atoms with E-state index in [-0.39, 0.29) is 22.6 Å². The maximum absolute atomic E-state index is 13.2. The molecule has 18 heteroatoms. The SMILES string of the molecule is NC(=O)NN=C1c2cc(S(=O)(=O)Oc3ccccc3)cc([N+](=O)[O-])c2-c2c1cc(S(=O)(=O)Oc1ccccc1)cc2[N+](=O)[O-]. The molecule has 0 saturated heterocycles. The molecule has 4 aromatic carbocycles. The number of nitrogens with one attached hydrogen (secondary N) is 1. The summed E-state index contributed by atoms with van der Waals surface area (Å²) >= 11 is 0. The average molecular weight is 640 g/mol. The molecule has 0 bridgehead atoms. The molecule has 224 valence electrons. The quantitative estimate of drug-likeness (QED) is 0.134. The molecule has 0 saturated carbocycles. The van der Waals surface area contributed by atoms with Gasteiger partial charge in [-0.05, 0) is 36.4 Å². The van der Waals surface area contributed by atoms with Crippen LogP contribution in [0.1, 0.15) is 11.1 Å². The van der Waals surface area contributed by atoms with Gasteiger partial charge in [-0.1, -0.05) is 36.4 Å². The van der Waals surface area contributed by atoms with Crippen LogP contribution in [-0.4, -0.2) is 38.4 Å². The summed E-state index contributed by atoms with van der Waals surface area (Å²) in [7, 11) is -9.49. The molecule has 0 unspecified atom stereocenters. The van der Waals surface area contributed by atoms with Gasteiger partial charge in [0.2, 0.25) is 0 Å². The van der Waals surface area contributed by atoms with Gasteiger partial charge in [0.1, 0.15) is 21.3 Å². The molecule has 2 amide bonds.